The molecule has 36 heavy (non-hydrogen) atoms. The van der Waals surface area contributed by atoms with E-state index < -0.39 is 11.9 Å². The van der Waals surface area contributed by atoms with Crippen LogP contribution in [0.15, 0.2) is 113 Å². The van der Waals surface area contributed by atoms with Gasteiger partial charge in [-0.1, -0.05) is 54.6 Å². The number of anilines is 1. The first kappa shape index (κ1) is 23.9. The maximum absolute atomic E-state index is 12.7. The Hall–Kier alpha value is -5.24. The minimum absolute atomic E-state index is 0.0623. The summed E-state index contributed by atoms with van der Waals surface area (Å²) in [6.45, 7) is 0. The van der Waals surface area contributed by atoms with Crippen LogP contribution in [0.2, 0.25) is 0 Å². The Morgan fingerprint density at radius 3 is 2.39 bits per heavy atom. The van der Waals surface area contributed by atoms with E-state index in [0.29, 0.717) is 11.3 Å². The molecule has 0 saturated carbocycles. The van der Waals surface area contributed by atoms with Crippen molar-refractivity contribution >= 4 is 35.8 Å². The van der Waals surface area contributed by atoms with Crippen LogP contribution in [-0.4, -0.2) is 24.0 Å². The maximum Gasteiger partial charge on any atom is 0.379 e. The number of nitrogens with one attached hydrogen (secondary N) is 2. The van der Waals surface area contributed by atoms with E-state index in [1.807, 2.05) is 30.3 Å². The number of carbonyl (C=O) groups excluding carboxylic acids is 3. The van der Waals surface area contributed by atoms with Gasteiger partial charge < -0.3 is 14.5 Å². The Labute approximate surface area is 206 Å². The number of furan rings is 1. The van der Waals surface area contributed by atoms with E-state index in [9.17, 15) is 14.4 Å². The van der Waals surface area contributed by atoms with Gasteiger partial charge in [0, 0.05) is 11.6 Å². The fraction of sp³-hybridized carbons (Fsp3) is 0. The summed E-state index contributed by atoms with van der Waals surface area (Å²) in [4.78, 5) is 37.3. The lowest BCUT2D eigenvalue weighted by atomic mass is 10.1. The molecule has 8 nitrogen and oxygen atoms in total. The number of amides is 2. The van der Waals surface area contributed by atoms with Crippen molar-refractivity contribution in [2.24, 2.45) is 5.10 Å². The average molecular weight is 479 g/mol. The second-order valence-corrected chi connectivity index (χ2v) is 7.38. The molecular formula is C28H21N3O5. The molecular weight excluding hydrogens is 458 g/mol. The van der Waals surface area contributed by atoms with E-state index in [0.717, 1.165) is 5.56 Å². The van der Waals surface area contributed by atoms with Gasteiger partial charge in [0.15, 0.2) is 0 Å². The first-order valence-electron chi connectivity index (χ1n) is 10.9. The summed E-state index contributed by atoms with van der Waals surface area (Å²) in [5, 5.41) is 6.69. The molecule has 8 heteroatoms. The van der Waals surface area contributed by atoms with Crippen molar-refractivity contribution < 1.29 is 23.5 Å². The highest BCUT2D eigenvalue weighted by Gasteiger charge is 2.14. The van der Waals surface area contributed by atoms with Gasteiger partial charge in [-0.2, -0.15) is 5.10 Å². The topological polar surface area (TPSA) is 110 Å². The number of hydrazone groups is 1. The predicted molar refractivity (Wildman–Crippen MR) is 136 cm³/mol. The lowest BCUT2D eigenvalue weighted by Gasteiger charge is -2.09. The van der Waals surface area contributed by atoms with Gasteiger partial charge in [0.05, 0.1) is 23.7 Å². The van der Waals surface area contributed by atoms with Crippen molar-refractivity contribution in [2.75, 3.05) is 5.32 Å². The number of benzene rings is 3. The smallest absolute Gasteiger partial charge is 0.379 e. The first-order valence-corrected chi connectivity index (χ1v) is 10.9. The van der Waals surface area contributed by atoms with Crippen LogP contribution in [0.1, 0.15) is 32.0 Å². The minimum Gasteiger partial charge on any atom is -0.457 e. The Bertz CT molecular complexity index is 1410. The summed E-state index contributed by atoms with van der Waals surface area (Å²) in [6.07, 6.45) is 5.80. The standard InChI is InChI=1S/C28H21N3O5/c32-26(17-16-20-9-2-1-3-10-20)30-23-13-6-5-12-22(23)27(33)31-29-19-21-11-4-7-14-24(21)36-28(34)25-15-8-18-35-25/h1-19H,(H,30,32)(H,31,33)/b17-16+,29-19-. The number of hydrogen-bond acceptors (Lipinski definition) is 6. The zero-order chi connectivity index (χ0) is 25.2. The van der Waals surface area contributed by atoms with Crippen molar-refractivity contribution in [1.82, 2.24) is 5.43 Å². The van der Waals surface area contributed by atoms with Crippen LogP contribution in [-0.2, 0) is 4.79 Å². The molecule has 0 atom stereocenters. The van der Waals surface area contributed by atoms with Gasteiger partial charge in [-0.15, -0.1) is 0 Å². The van der Waals surface area contributed by atoms with Gasteiger partial charge in [0.25, 0.3) is 5.91 Å². The highest BCUT2D eigenvalue weighted by molar-refractivity contribution is 6.07. The van der Waals surface area contributed by atoms with Gasteiger partial charge in [-0.05, 0) is 48.0 Å². The Kier molecular flexibility index (Phi) is 7.81. The van der Waals surface area contributed by atoms with E-state index in [-0.39, 0.29) is 23.0 Å². The number of nitrogens with zero attached hydrogens (tertiary/aromatic N) is 1. The Balaban J connectivity index is 1.41. The van der Waals surface area contributed by atoms with Crippen molar-refractivity contribution in [3.05, 3.63) is 126 Å². The number of para-hydroxylation sites is 2. The van der Waals surface area contributed by atoms with Crippen LogP contribution < -0.4 is 15.5 Å². The van der Waals surface area contributed by atoms with Crippen molar-refractivity contribution in [1.29, 1.82) is 0 Å². The number of esters is 1. The fourth-order valence-electron chi connectivity index (χ4n) is 3.15. The molecule has 4 aromatic rings. The summed E-state index contributed by atoms with van der Waals surface area (Å²) >= 11 is 0. The van der Waals surface area contributed by atoms with Crippen molar-refractivity contribution in [3.8, 4) is 5.75 Å². The molecule has 0 aliphatic rings. The molecule has 0 radical (unpaired) electrons. The molecule has 1 aromatic heterocycles. The number of rotatable bonds is 8. The number of carbonyl (C=O) groups is 3. The third-order valence-electron chi connectivity index (χ3n) is 4.87. The summed E-state index contributed by atoms with van der Waals surface area (Å²) < 4.78 is 10.4. The summed E-state index contributed by atoms with van der Waals surface area (Å²) in [5.41, 5.74) is 4.33. The summed E-state index contributed by atoms with van der Waals surface area (Å²) in [6, 6.07) is 25.7. The van der Waals surface area contributed by atoms with E-state index in [1.165, 1.54) is 24.6 Å². The zero-order valence-electron chi connectivity index (χ0n) is 19.0. The molecule has 0 unspecified atom stereocenters. The molecule has 0 fully saturated rings. The SMILES string of the molecule is O=C(/C=C/c1ccccc1)Nc1ccccc1C(=O)N/N=C\c1ccccc1OC(=O)c1ccco1. The second kappa shape index (κ2) is 11.8. The second-order valence-electron chi connectivity index (χ2n) is 7.38. The normalized spacial score (nSPS) is 10.9. The molecule has 0 saturated heterocycles. The van der Waals surface area contributed by atoms with E-state index in [1.54, 1.807) is 60.7 Å². The summed E-state index contributed by atoms with van der Waals surface area (Å²) in [5.74, 6) is -1.26. The summed E-state index contributed by atoms with van der Waals surface area (Å²) in [7, 11) is 0. The largest absolute Gasteiger partial charge is 0.457 e. The third kappa shape index (κ3) is 6.42. The fourth-order valence-corrected chi connectivity index (χ4v) is 3.15. The van der Waals surface area contributed by atoms with E-state index in [4.69, 9.17) is 9.15 Å². The van der Waals surface area contributed by atoms with Crippen molar-refractivity contribution in [3.63, 3.8) is 0 Å². The Morgan fingerprint density at radius 1 is 0.833 bits per heavy atom. The molecule has 0 aliphatic carbocycles. The van der Waals surface area contributed by atoms with Crippen LogP contribution in [0.3, 0.4) is 0 Å². The quantitative estimate of drug-likeness (QED) is 0.123. The Morgan fingerprint density at radius 2 is 1.58 bits per heavy atom. The maximum atomic E-state index is 12.7. The van der Waals surface area contributed by atoms with Crippen LogP contribution in [0, 0.1) is 0 Å². The van der Waals surface area contributed by atoms with Crippen LogP contribution >= 0.6 is 0 Å². The molecule has 0 spiro atoms. The van der Waals surface area contributed by atoms with Gasteiger partial charge >= 0.3 is 5.97 Å². The lowest BCUT2D eigenvalue weighted by molar-refractivity contribution is -0.111. The zero-order valence-corrected chi connectivity index (χ0v) is 19.0. The highest BCUT2D eigenvalue weighted by Crippen LogP contribution is 2.18. The molecule has 2 amide bonds. The van der Waals surface area contributed by atoms with E-state index in [2.05, 4.69) is 15.8 Å². The van der Waals surface area contributed by atoms with Gasteiger partial charge in [-0.25, -0.2) is 10.2 Å². The van der Waals surface area contributed by atoms with Crippen molar-refractivity contribution in [2.45, 2.75) is 0 Å². The molecule has 0 bridgehead atoms. The first-order chi connectivity index (χ1) is 17.6. The third-order valence-corrected chi connectivity index (χ3v) is 4.87. The van der Waals surface area contributed by atoms with Crippen LogP contribution in [0.5, 0.6) is 5.75 Å². The molecule has 4 rings (SSSR count). The highest BCUT2D eigenvalue weighted by atomic mass is 16.5. The number of ether oxygens (including phenoxy) is 1. The molecule has 1 heterocycles. The molecule has 178 valence electrons. The van der Waals surface area contributed by atoms with Crippen LogP contribution in [0.25, 0.3) is 6.08 Å². The predicted octanol–water partition coefficient (Wildman–Crippen LogP) is 4.91. The van der Waals surface area contributed by atoms with Gasteiger partial charge in [-0.3, -0.25) is 9.59 Å². The molecule has 0 aliphatic heterocycles. The van der Waals surface area contributed by atoms with Crippen LogP contribution in [0.4, 0.5) is 5.69 Å². The average Bonchev–Trinajstić information content (AvgIpc) is 3.45. The van der Waals surface area contributed by atoms with Gasteiger partial charge in [0.1, 0.15) is 5.75 Å². The monoisotopic (exact) mass is 479 g/mol. The lowest BCUT2D eigenvalue weighted by Crippen LogP contribution is -2.20. The van der Waals surface area contributed by atoms with E-state index >= 15 is 0 Å². The minimum atomic E-state index is -0.657. The van der Waals surface area contributed by atoms with Gasteiger partial charge in [0.2, 0.25) is 11.7 Å². The number of hydrogen-bond donors (Lipinski definition) is 2. The molecule has 3 aromatic carbocycles. The molecule has 2 N–H and O–H groups in total.